The molecule has 3 unspecified atom stereocenters. The first-order valence-electron chi connectivity index (χ1n) is 13.6. The lowest BCUT2D eigenvalue weighted by Crippen LogP contribution is -2.55. The van der Waals surface area contributed by atoms with Crippen LogP contribution in [0.5, 0.6) is 0 Å². The fourth-order valence-electron chi connectivity index (χ4n) is 5.05. The van der Waals surface area contributed by atoms with Gasteiger partial charge in [-0.25, -0.2) is 9.80 Å². The lowest BCUT2D eigenvalue weighted by molar-refractivity contribution is -0.146. The van der Waals surface area contributed by atoms with Crippen molar-refractivity contribution in [3.63, 3.8) is 0 Å². The maximum Gasteiger partial charge on any atom is 0.319 e. The van der Waals surface area contributed by atoms with Crippen LogP contribution >= 0.6 is 11.6 Å². The number of carbonyl (C=O) groups is 3. The molecule has 210 valence electrons. The average molecular weight is 561 g/mol. The second-order valence-corrected chi connectivity index (χ2v) is 12.1. The summed E-state index contributed by atoms with van der Waals surface area (Å²) in [5, 5.41) is 7.57. The standard InChI is InChI=1S/C32H37ClN4O3/c1-21-13-15-23(16-14-21)28-18-24(22-9-6-5-7-10-22)17-27(30(39)37(28)36-29(38)20-32(2,3)4)35-31(40)34-26-12-8-11-25(33)19-26/h5-16,19,24,27-28H,17-18,20H2,1-4H3,(H,36,38)(H2,34,35,40). The number of rotatable bonds is 6. The molecule has 8 heteroatoms. The van der Waals surface area contributed by atoms with Gasteiger partial charge in [0.05, 0.1) is 6.04 Å². The number of hydrogen-bond acceptors (Lipinski definition) is 3. The van der Waals surface area contributed by atoms with Crippen molar-refractivity contribution in [3.8, 4) is 0 Å². The first-order chi connectivity index (χ1) is 19.0. The normalized spacial score (nSPS) is 19.5. The zero-order chi connectivity index (χ0) is 28.9. The van der Waals surface area contributed by atoms with E-state index in [0.29, 0.717) is 23.6 Å². The molecular formula is C32H37ClN4O3. The summed E-state index contributed by atoms with van der Waals surface area (Å²) in [6.45, 7) is 7.94. The number of urea groups is 1. The van der Waals surface area contributed by atoms with Crippen LogP contribution in [0.4, 0.5) is 10.5 Å². The maximum absolute atomic E-state index is 14.2. The lowest BCUT2D eigenvalue weighted by Gasteiger charge is -2.33. The molecule has 1 aliphatic rings. The van der Waals surface area contributed by atoms with E-state index < -0.39 is 18.1 Å². The van der Waals surface area contributed by atoms with E-state index in [9.17, 15) is 14.4 Å². The van der Waals surface area contributed by atoms with Crippen LogP contribution in [0, 0.1) is 12.3 Å². The van der Waals surface area contributed by atoms with Gasteiger partial charge in [-0.3, -0.25) is 15.0 Å². The molecule has 40 heavy (non-hydrogen) atoms. The number of nitrogens with one attached hydrogen (secondary N) is 3. The molecule has 1 fully saturated rings. The van der Waals surface area contributed by atoms with Gasteiger partial charge in [-0.2, -0.15) is 0 Å². The van der Waals surface area contributed by atoms with Gasteiger partial charge in [0.15, 0.2) is 0 Å². The molecule has 7 nitrogen and oxygen atoms in total. The van der Waals surface area contributed by atoms with Crippen molar-refractivity contribution >= 4 is 35.1 Å². The SMILES string of the molecule is Cc1ccc(C2CC(c3ccccc3)CC(NC(=O)Nc3cccc(Cl)c3)C(=O)N2NC(=O)CC(C)(C)C)cc1. The van der Waals surface area contributed by atoms with E-state index in [1.54, 1.807) is 24.3 Å². The third-order valence-electron chi connectivity index (χ3n) is 6.93. The maximum atomic E-state index is 14.2. The van der Waals surface area contributed by atoms with Gasteiger partial charge >= 0.3 is 6.03 Å². The molecule has 0 aliphatic carbocycles. The van der Waals surface area contributed by atoms with Crippen LogP contribution in [0.25, 0.3) is 0 Å². The van der Waals surface area contributed by atoms with Gasteiger partial charge in [-0.1, -0.05) is 98.6 Å². The summed E-state index contributed by atoms with van der Waals surface area (Å²) in [7, 11) is 0. The predicted octanol–water partition coefficient (Wildman–Crippen LogP) is 6.75. The Hall–Kier alpha value is -3.84. The van der Waals surface area contributed by atoms with E-state index in [2.05, 4.69) is 16.1 Å². The molecule has 1 heterocycles. The second kappa shape index (κ2) is 12.6. The third-order valence-corrected chi connectivity index (χ3v) is 7.17. The van der Waals surface area contributed by atoms with Crippen molar-refractivity contribution in [2.75, 3.05) is 5.32 Å². The van der Waals surface area contributed by atoms with Gasteiger partial charge < -0.3 is 10.6 Å². The van der Waals surface area contributed by atoms with Gasteiger partial charge in [0.2, 0.25) is 5.91 Å². The molecule has 1 aliphatic heterocycles. The summed E-state index contributed by atoms with van der Waals surface area (Å²) in [5.74, 6) is -0.678. The molecule has 3 aromatic rings. The highest BCUT2D eigenvalue weighted by molar-refractivity contribution is 6.30. The van der Waals surface area contributed by atoms with Crippen molar-refractivity contribution in [3.05, 3.63) is 101 Å². The highest BCUT2D eigenvalue weighted by Crippen LogP contribution is 2.38. The van der Waals surface area contributed by atoms with Crippen LogP contribution in [0.1, 0.15) is 68.7 Å². The molecule has 0 spiro atoms. The Bertz CT molecular complexity index is 1340. The number of anilines is 1. The third kappa shape index (κ3) is 7.85. The molecule has 4 rings (SSSR count). The summed E-state index contributed by atoms with van der Waals surface area (Å²) in [5.41, 5.74) is 6.25. The minimum atomic E-state index is -0.880. The van der Waals surface area contributed by atoms with Crippen molar-refractivity contribution in [1.82, 2.24) is 15.8 Å². The van der Waals surface area contributed by atoms with E-state index in [1.807, 2.05) is 82.3 Å². The molecule has 0 radical (unpaired) electrons. The molecule has 0 bridgehead atoms. The van der Waals surface area contributed by atoms with Crippen LogP contribution in [0.3, 0.4) is 0 Å². The molecule has 3 aromatic carbocycles. The predicted molar refractivity (Wildman–Crippen MR) is 159 cm³/mol. The van der Waals surface area contributed by atoms with Crippen molar-refractivity contribution in [2.24, 2.45) is 5.41 Å². The second-order valence-electron chi connectivity index (χ2n) is 11.6. The van der Waals surface area contributed by atoms with Crippen molar-refractivity contribution in [1.29, 1.82) is 0 Å². The Morgan fingerprint density at radius 2 is 1.62 bits per heavy atom. The van der Waals surface area contributed by atoms with Crippen molar-refractivity contribution in [2.45, 2.75) is 65.0 Å². The summed E-state index contributed by atoms with van der Waals surface area (Å²) in [6.07, 6.45) is 1.19. The summed E-state index contributed by atoms with van der Waals surface area (Å²) in [4.78, 5) is 40.4. The van der Waals surface area contributed by atoms with E-state index in [-0.39, 0.29) is 29.6 Å². The number of benzene rings is 3. The Morgan fingerprint density at radius 1 is 0.925 bits per heavy atom. The molecule has 0 aromatic heterocycles. The number of amides is 4. The average Bonchev–Trinajstić information content (AvgIpc) is 3.01. The van der Waals surface area contributed by atoms with Crippen LogP contribution < -0.4 is 16.1 Å². The molecule has 4 amide bonds. The summed E-state index contributed by atoms with van der Waals surface area (Å²) < 4.78 is 0. The van der Waals surface area contributed by atoms with Crippen LogP contribution in [0.2, 0.25) is 5.02 Å². The van der Waals surface area contributed by atoms with Gasteiger partial charge in [0, 0.05) is 17.1 Å². The smallest absolute Gasteiger partial charge is 0.319 e. The van der Waals surface area contributed by atoms with E-state index >= 15 is 0 Å². The van der Waals surface area contributed by atoms with E-state index in [1.165, 1.54) is 5.01 Å². The first kappa shape index (κ1) is 29.2. The molecule has 1 saturated heterocycles. The fraction of sp³-hybridized carbons (Fsp3) is 0.344. The number of hydrazine groups is 1. The molecule has 3 N–H and O–H groups in total. The number of aryl methyl sites for hydroxylation is 1. The number of halogens is 1. The van der Waals surface area contributed by atoms with Crippen molar-refractivity contribution < 1.29 is 14.4 Å². The molecule has 0 saturated carbocycles. The minimum Gasteiger partial charge on any atom is -0.326 e. The van der Waals surface area contributed by atoms with Gasteiger partial charge in [-0.05, 0) is 60.4 Å². The monoisotopic (exact) mass is 560 g/mol. The largest absolute Gasteiger partial charge is 0.326 e. The summed E-state index contributed by atoms with van der Waals surface area (Å²) >= 11 is 6.08. The fourth-order valence-corrected chi connectivity index (χ4v) is 5.24. The van der Waals surface area contributed by atoms with Crippen LogP contribution in [-0.2, 0) is 9.59 Å². The Labute approximate surface area is 241 Å². The van der Waals surface area contributed by atoms with Crippen LogP contribution in [0.15, 0.2) is 78.9 Å². The number of carbonyl (C=O) groups excluding carboxylic acids is 3. The highest BCUT2D eigenvalue weighted by atomic mass is 35.5. The Balaban J connectivity index is 1.69. The lowest BCUT2D eigenvalue weighted by atomic mass is 9.86. The summed E-state index contributed by atoms with van der Waals surface area (Å²) in [6, 6.07) is 23.0. The zero-order valence-corrected chi connectivity index (χ0v) is 24.2. The Kier molecular flexibility index (Phi) is 9.15. The number of nitrogens with zero attached hydrogens (tertiary/aromatic N) is 1. The molecular weight excluding hydrogens is 524 g/mol. The topological polar surface area (TPSA) is 90.5 Å². The quantitative estimate of drug-likeness (QED) is 0.311. The minimum absolute atomic E-state index is 0.0579. The van der Waals surface area contributed by atoms with Gasteiger partial charge in [0.1, 0.15) is 6.04 Å². The van der Waals surface area contributed by atoms with Gasteiger partial charge in [-0.15, -0.1) is 0 Å². The number of hydrogen-bond donors (Lipinski definition) is 3. The van der Waals surface area contributed by atoms with Crippen LogP contribution in [-0.4, -0.2) is 28.9 Å². The zero-order valence-electron chi connectivity index (χ0n) is 23.4. The highest BCUT2D eigenvalue weighted by Gasteiger charge is 2.40. The van der Waals surface area contributed by atoms with Gasteiger partial charge in [0.25, 0.3) is 5.91 Å². The Morgan fingerprint density at radius 3 is 2.27 bits per heavy atom. The van der Waals surface area contributed by atoms with E-state index in [4.69, 9.17) is 11.6 Å². The molecule has 3 atom stereocenters. The first-order valence-corrected chi connectivity index (χ1v) is 13.9. The van der Waals surface area contributed by atoms with E-state index in [0.717, 1.165) is 16.7 Å².